The molecule has 33 heavy (non-hydrogen) atoms. The summed E-state index contributed by atoms with van der Waals surface area (Å²) in [7, 11) is 0. The van der Waals surface area contributed by atoms with Crippen LogP contribution in [0, 0.1) is 23.7 Å². The number of esters is 1. The number of carbonyl (C=O) groups is 1. The number of rotatable bonds is 8. The monoisotopic (exact) mass is 454 g/mol. The zero-order valence-electron chi connectivity index (χ0n) is 20.9. The van der Waals surface area contributed by atoms with Crippen LogP contribution in [-0.2, 0) is 9.53 Å². The fraction of sp³-hybridized carbons (Fsp3) is 0.767. The Labute approximate surface area is 201 Å². The van der Waals surface area contributed by atoms with Gasteiger partial charge in [-0.25, -0.2) is 0 Å². The Morgan fingerprint density at radius 1 is 0.818 bits per heavy atom. The topological polar surface area (TPSA) is 46.5 Å². The average molecular weight is 455 g/mol. The molecule has 1 aromatic rings. The molecule has 0 heterocycles. The molecule has 0 amide bonds. The highest BCUT2D eigenvalue weighted by molar-refractivity contribution is 5.72. The van der Waals surface area contributed by atoms with Crippen LogP contribution in [0.5, 0.6) is 5.75 Å². The normalized spacial score (nSPS) is 32.9. The van der Waals surface area contributed by atoms with E-state index in [9.17, 15) is 9.90 Å². The van der Waals surface area contributed by atoms with Gasteiger partial charge in [0.1, 0.15) is 11.9 Å². The molecule has 3 heteroatoms. The summed E-state index contributed by atoms with van der Waals surface area (Å²) in [6.07, 6.45) is 20.1. The summed E-state index contributed by atoms with van der Waals surface area (Å²) in [6.45, 7) is 2.30. The van der Waals surface area contributed by atoms with Crippen LogP contribution in [0.3, 0.4) is 0 Å². The van der Waals surface area contributed by atoms with Gasteiger partial charge < -0.3 is 9.84 Å². The summed E-state index contributed by atoms with van der Waals surface area (Å²) >= 11 is 0. The van der Waals surface area contributed by atoms with E-state index in [0.717, 1.165) is 56.3 Å². The van der Waals surface area contributed by atoms with Gasteiger partial charge in [-0.2, -0.15) is 0 Å². The molecule has 3 aliphatic carbocycles. The van der Waals surface area contributed by atoms with Crippen LogP contribution < -0.4 is 0 Å². The standard InChI is InChI=1S/C30H46O3/c1-2-3-4-5-22-6-8-23(9-7-22)24-10-12-27(13-11-24)30(32)33-29-20-16-26(17-21-29)25-14-18-28(31)19-15-25/h14-15,18-19,22-24,26-27,29,31H,2-13,16-17,20-21H2,1H3. The first kappa shape index (κ1) is 24.6. The van der Waals surface area contributed by atoms with Gasteiger partial charge in [0.15, 0.2) is 0 Å². The fourth-order valence-electron chi connectivity index (χ4n) is 6.98. The molecule has 3 nitrogen and oxygen atoms in total. The SMILES string of the molecule is CCCCCC1CCC(C2CCC(C(=O)OC3CCC(c4ccc(O)cc4)CC3)CC2)CC1. The second-order valence-electron chi connectivity index (χ2n) is 11.4. The lowest BCUT2D eigenvalue weighted by molar-refractivity contribution is -0.157. The Morgan fingerprint density at radius 2 is 1.42 bits per heavy atom. The van der Waals surface area contributed by atoms with Crippen molar-refractivity contribution in [3.05, 3.63) is 29.8 Å². The van der Waals surface area contributed by atoms with Gasteiger partial charge in [0, 0.05) is 0 Å². The molecular formula is C30H46O3. The number of hydrogen-bond acceptors (Lipinski definition) is 3. The molecule has 0 radical (unpaired) electrons. The highest BCUT2D eigenvalue weighted by Crippen LogP contribution is 2.43. The zero-order valence-corrected chi connectivity index (χ0v) is 20.9. The summed E-state index contributed by atoms with van der Waals surface area (Å²) in [4.78, 5) is 12.9. The highest BCUT2D eigenvalue weighted by Gasteiger charge is 2.34. The predicted octanol–water partition coefficient (Wildman–Crippen LogP) is 8.15. The van der Waals surface area contributed by atoms with E-state index in [1.54, 1.807) is 12.1 Å². The Hall–Kier alpha value is -1.51. The average Bonchev–Trinajstić information content (AvgIpc) is 2.86. The first-order chi connectivity index (χ1) is 16.1. The maximum absolute atomic E-state index is 12.9. The molecule has 0 bridgehead atoms. The Kier molecular flexibility index (Phi) is 9.15. The second kappa shape index (κ2) is 12.3. The van der Waals surface area contributed by atoms with E-state index in [-0.39, 0.29) is 18.0 Å². The van der Waals surface area contributed by atoms with Crippen molar-refractivity contribution in [1.82, 2.24) is 0 Å². The molecule has 3 saturated carbocycles. The van der Waals surface area contributed by atoms with Crippen LogP contribution in [0.4, 0.5) is 0 Å². The second-order valence-corrected chi connectivity index (χ2v) is 11.4. The third kappa shape index (κ3) is 6.99. The molecule has 1 N–H and O–H groups in total. The summed E-state index contributed by atoms with van der Waals surface area (Å²) in [5.74, 6) is 3.83. The molecule has 4 rings (SSSR count). The molecule has 0 unspecified atom stereocenters. The van der Waals surface area contributed by atoms with Gasteiger partial charge in [0.05, 0.1) is 5.92 Å². The van der Waals surface area contributed by atoms with Gasteiger partial charge in [-0.3, -0.25) is 4.79 Å². The number of ether oxygens (including phenoxy) is 1. The van der Waals surface area contributed by atoms with E-state index >= 15 is 0 Å². The van der Waals surface area contributed by atoms with E-state index in [0.29, 0.717) is 11.7 Å². The fourth-order valence-corrected chi connectivity index (χ4v) is 6.98. The number of aromatic hydroxyl groups is 1. The van der Waals surface area contributed by atoms with Crippen molar-refractivity contribution in [1.29, 1.82) is 0 Å². The smallest absolute Gasteiger partial charge is 0.309 e. The lowest BCUT2D eigenvalue weighted by atomic mass is 9.68. The first-order valence-corrected chi connectivity index (χ1v) is 14.1. The Bertz CT molecular complexity index is 703. The number of benzene rings is 1. The molecule has 0 saturated heterocycles. The number of phenolic OH excluding ortho intramolecular Hbond substituents is 1. The van der Waals surface area contributed by atoms with Crippen molar-refractivity contribution < 1.29 is 14.6 Å². The van der Waals surface area contributed by atoms with Gasteiger partial charge in [-0.1, -0.05) is 57.6 Å². The predicted molar refractivity (Wildman–Crippen MR) is 134 cm³/mol. The number of carbonyl (C=O) groups excluding carboxylic acids is 1. The van der Waals surface area contributed by atoms with Crippen LogP contribution in [0.2, 0.25) is 0 Å². The number of unbranched alkanes of at least 4 members (excludes halogenated alkanes) is 2. The maximum Gasteiger partial charge on any atom is 0.309 e. The molecule has 184 valence electrons. The van der Waals surface area contributed by atoms with Crippen molar-refractivity contribution in [3.8, 4) is 5.75 Å². The van der Waals surface area contributed by atoms with Crippen molar-refractivity contribution in [2.75, 3.05) is 0 Å². The summed E-state index contributed by atoms with van der Waals surface area (Å²) in [6, 6.07) is 7.61. The van der Waals surface area contributed by atoms with Gasteiger partial charge in [0.2, 0.25) is 0 Å². The van der Waals surface area contributed by atoms with Crippen LogP contribution >= 0.6 is 0 Å². The van der Waals surface area contributed by atoms with E-state index in [2.05, 4.69) is 6.92 Å². The van der Waals surface area contributed by atoms with Crippen molar-refractivity contribution in [2.45, 2.75) is 122 Å². The van der Waals surface area contributed by atoms with E-state index in [4.69, 9.17) is 4.74 Å². The molecule has 3 aliphatic rings. The van der Waals surface area contributed by atoms with Gasteiger partial charge >= 0.3 is 5.97 Å². The van der Waals surface area contributed by atoms with E-state index in [1.807, 2.05) is 12.1 Å². The molecule has 1 aromatic carbocycles. The molecule has 0 aromatic heterocycles. The van der Waals surface area contributed by atoms with Gasteiger partial charge in [-0.15, -0.1) is 0 Å². The molecule has 0 spiro atoms. The van der Waals surface area contributed by atoms with Crippen molar-refractivity contribution in [3.63, 3.8) is 0 Å². The molecule has 0 aliphatic heterocycles. The zero-order chi connectivity index (χ0) is 23.0. The van der Waals surface area contributed by atoms with Crippen LogP contribution in [0.25, 0.3) is 0 Å². The first-order valence-electron chi connectivity index (χ1n) is 14.1. The minimum absolute atomic E-state index is 0.0844. The molecule has 3 fully saturated rings. The van der Waals surface area contributed by atoms with Gasteiger partial charge in [0.25, 0.3) is 0 Å². The summed E-state index contributed by atoms with van der Waals surface area (Å²) < 4.78 is 6.00. The van der Waals surface area contributed by atoms with Crippen LogP contribution in [0.1, 0.15) is 121 Å². The van der Waals surface area contributed by atoms with E-state index < -0.39 is 0 Å². The molecular weight excluding hydrogens is 408 g/mol. The van der Waals surface area contributed by atoms with Crippen LogP contribution in [0.15, 0.2) is 24.3 Å². The lowest BCUT2D eigenvalue weighted by Crippen LogP contribution is -2.32. The van der Waals surface area contributed by atoms with Gasteiger partial charge in [-0.05, 0) is 106 Å². The molecule has 0 atom stereocenters. The summed E-state index contributed by atoms with van der Waals surface area (Å²) in [5.41, 5.74) is 1.30. The minimum atomic E-state index is 0.0844. The maximum atomic E-state index is 12.9. The quantitative estimate of drug-likeness (QED) is 0.318. The Morgan fingerprint density at radius 3 is 2.03 bits per heavy atom. The van der Waals surface area contributed by atoms with E-state index in [1.165, 1.54) is 69.8 Å². The number of phenols is 1. The van der Waals surface area contributed by atoms with Crippen LogP contribution in [-0.4, -0.2) is 17.2 Å². The Balaban J connectivity index is 1.13. The largest absolute Gasteiger partial charge is 0.508 e. The highest BCUT2D eigenvalue weighted by atomic mass is 16.5. The third-order valence-corrected chi connectivity index (χ3v) is 9.20. The third-order valence-electron chi connectivity index (χ3n) is 9.20. The number of hydrogen-bond donors (Lipinski definition) is 1. The lowest BCUT2D eigenvalue weighted by Gasteiger charge is -2.38. The summed E-state index contributed by atoms with van der Waals surface area (Å²) in [5, 5.41) is 9.50. The van der Waals surface area contributed by atoms with Crippen molar-refractivity contribution in [2.24, 2.45) is 23.7 Å². The van der Waals surface area contributed by atoms with Crippen molar-refractivity contribution >= 4 is 5.97 Å². The minimum Gasteiger partial charge on any atom is -0.508 e.